The van der Waals surface area contributed by atoms with Crippen LogP contribution in [0.25, 0.3) is 0 Å². The first-order valence-corrected chi connectivity index (χ1v) is 6.97. The van der Waals surface area contributed by atoms with Crippen LogP contribution in [0.2, 0.25) is 0 Å². The van der Waals surface area contributed by atoms with E-state index < -0.39 is 0 Å². The van der Waals surface area contributed by atoms with Crippen LogP contribution in [0.5, 0.6) is 0 Å². The highest BCUT2D eigenvalue weighted by molar-refractivity contribution is 5.22. The molecule has 1 aromatic rings. The van der Waals surface area contributed by atoms with Crippen LogP contribution < -0.4 is 5.32 Å². The fraction of sp³-hybridized carbons (Fsp3) is 0.625. The molecule has 0 aliphatic carbocycles. The molecule has 0 saturated carbocycles. The van der Waals surface area contributed by atoms with E-state index in [1.165, 1.54) is 11.1 Å². The van der Waals surface area contributed by atoms with Gasteiger partial charge in [-0.15, -0.1) is 0 Å². The zero-order valence-corrected chi connectivity index (χ0v) is 12.0. The van der Waals surface area contributed by atoms with Gasteiger partial charge in [0.05, 0.1) is 0 Å². The monoisotopic (exact) mass is 249 g/mol. The lowest BCUT2D eigenvalue weighted by Crippen LogP contribution is -2.20. The molecule has 0 spiro atoms. The van der Waals surface area contributed by atoms with Crippen molar-refractivity contribution in [2.45, 2.75) is 46.6 Å². The summed E-state index contributed by atoms with van der Waals surface area (Å²) in [6.07, 6.45) is 3.27. The fourth-order valence-corrected chi connectivity index (χ4v) is 1.90. The van der Waals surface area contributed by atoms with Crippen LogP contribution >= 0.6 is 0 Å². The average molecular weight is 249 g/mol. The van der Waals surface area contributed by atoms with Gasteiger partial charge in [-0.1, -0.05) is 45.0 Å². The van der Waals surface area contributed by atoms with E-state index in [0.717, 1.165) is 32.4 Å². The van der Waals surface area contributed by atoms with Gasteiger partial charge in [0.25, 0.3) is 0 Å². The average Bonchev–Trinajstić information content (AvgIpc) is 2.39. The molecule has 2 heteroatoms. The van der Waals surface area contributed by atoms with Gasteiger partial charge in [0.1, 0.15) is 0 Å². The number of aryl methyl sites for hydroxylation is 1. The molecule has 0 saturated heterocycles. The minimum atomic E-state index is 0.0600. The van der Waals surface area contributed by atoms with Gasteiger partial charge in [-0.05, 0) is 42.3 Å². The van der Waals surface area contributed by atoms with Crippen molar-refractivity contribution in [2.75, 3.05) is 13.2 Å². The number of benzene rings is 1. The lowest BCUT2D eigenvalue weighted by atomic mass is 9.89. The predicted molar refractivity (Wildman–Crippen MR) is 77.6 cm³/mol. The Kier molecular flexibility index (Phi) is 6.37. The van der Waals surface area contributed by atoms with Gasteiger partial charge in [-0.25, -0.2) is 0 Å². The summed E-state index contributed by atoms with van der Waals surface area (Å²) in [5.74, 6) is 0. The van der Waals surface area contributed by atoms with Crippen molar-refractivity contribution < 1.29 is 5.11 Å². The molecule has 1 aromatic carbocycles. The largest absolute Gasteiger partial charge is 0.396 e. The molecule has 18 heavy (non-hydrogen) atoms. The molecule has 0 unspecified atom stereocenters. The van der Waals surface area contributed by atoms with Crippen molar-refractivity contribution in [3.05, 3.63) is 35.4 Å². The summed E-state index contributed by atoms with van der Waals surface area (Å²) in [4.78, 5) is 0. The summed E-state index contributed by atoms with van der Waals surface area (Å²) in [5.41, 5.74) is 2.79. The van der Waals surface area contributed by atoms with E-state index >= 15 is 0 Å². The summed E-state index contributed by atoms with van der Waals surface area (Å²) >= 11 is 0. The van der Waals surface area contributed by atoms with Crippen LogP contribution in [-0.4, -0.2) is 18.3 Å². The van der Waals surface area contributed by atoms with Crippen molar-refractivity contribution in [1.82, 2.24) is 5.32 Å². The lowest BCUT2D eigenvalue weighted by Gasteiger charge is -2.21. The summed E-state index contributed by atoms with van der Waals surface area (Å²) in [5, 5.41) is 12.6. The topological polar surface area (TPSA) is 32.3 Å². The summed E-state index contributed by atoms with van der Waals surface area (Å²) in [6, 6.07) is 8.80. The normalized spacial score (nSPS) is 11.8. The Bertz CT molecular complexity index is 329. The predicted octanol–water partition coefficient (Wildman–Crippen LogP) is 3.14. The molecular formula is C16H27NO. The second-order valence-corrected chi connectivity index (χ2v) is 5.77. The second-order valence-electron chi connectivity index (χ2n) is 5.77. The van der Waals surface area contributed by atoms with Crippen molar-refractivity contribution in [3.8, 4) is 0 Å². The van der Waals surface area contributed by atoms with Gasteiger partial charge < -0.3 is 10.4 Å². The van der Waals surface area contributed by atoms with E-state index in [4.69, 9.17) is 5.11 Å². The van der Waals surface area contributed by atoms with Crippen LogP contribution in [0.3, 0.4) is 0 Å². The molecular weight excluding hydrogens is 222 g/mol. The highest BCUT2D eigenvalue weighted by Crippen LogP contribution is 2.20. The van der Waals surface area contributed by atoms with Crippen LogP contribution in [0.4, 0.5) is 0 Å². The zero-order valence-electron chi connectivity index (χ0n) is 12.0. The maximum atomic E-state index is 9.16. The molecule has 2 nitrogen and oxygen atoms in total. The molecule has 0 radical (unpaired) electrons. The van der Waals surface area contributed by atoms with E-state index in [1.54, 1.807) is 0 Å². The van der Waals surface area contributed by atoms with Crippen molar-refractivity contribution in [2.24, 2.45) is 5.41 Å². The molecule has 0 fully saturated rings. The summed E-state index contributed by atoms with van der Waals surface area (Å²) in [6.45, 7) is 8.61. The van der Waals surface area contributed by atoms with Crippen molar-refractivity contribution in [3.63, 3.8) is 0 Å². The highest BCUT2D eigenvalue weighted by atomic mass is 16.3. The molecule has 102 valence electrons. The third kappa shape index (κ3) is 5.65. The third-order valence-corrected chi connectivity index (χ3v) is 3.40. The van der Waals surface area contributed by atoms with Gasteiger partial charge in [-0.3, -0.25) is 0 Å². The van der Waals surface area contributed by atoms with Gasteiger partial charge in [-0.2, -0.15) is 0 Å². The first-order valence-electron chi connectivity index (χ1n) is 6.97. The maximum absolute atomic E-state index is 9.16. The van der Waals surface area contributed by atoms with Crippen LogP contribution in [0.1, 0.15) is 44.7 Å². The lowest BCUT2D eigenvalue weighted by molar-refractivity contribution is 0.148. The fourth-order valence-electron chi connectivity index (χ4n) is 1.90. The van der Waals surface area contributed by atoms with Crippen LogP contribution in [0, 0.1) is 5.41 Å². The molecule has 0 atom stereocenters. The molecule has 0 heterocycles. The molecule has 0 bridgehead atoms. The van der Waals surface area contributed by atoms with E-state index in [1.807, 2.05) is 0 Å². The molecule has 0 aliphatic heterocycles. The molecule has 0 amide bonds. The highest BCUT2D eigenvalue weighted by Gasteiger charge is 2.14. The van der Waals surface area contributed by atoms with Gasteiger partial charge in [0.15, 0.2) is 0 Å². The molecule has 0 aromatic heterocycles. The van der Waals surface area contributed by atoms with Crippen molar-refractivity contribution >= 4 is 0 Å². The standard InChI is InChI=1S/C16H27NO/c1-4-14-6-8-15(9-7-14)12-17-11-5-10-16(2,3)13-18/h6-9,17-18H,4-5,10-13H2,1-3H3. The minimum absolute atomic E-state index is 0.0600. The van der Waals surface area contributed by atoms with Gasteiger partial charge in [0.2, 0.25) is 0 Å². The summed E-state index contributed by atoms with van der Waals surface area (Å²) in [7, 11) is 0. The molecule has 0 aliphatic rings. The van der Waals surface area contributed by atoms with Crippen molar-refractivity contribution in [1.29, 1.82) is 0 Å². The Balaban J connectivity index is 2.17. The Morgan fingerprint density at radius 1 is 1.11 bits per heavy atom. The Hall–Kier alpha value is -0.860. The quantitative estimate of drug-likeness (QED) is 0.694. The first-order chi connectivity index (χ1) is 8.57. The second kappa shape index (κ2) is 7.55. The number of nitrogens with one attached hydrogen (secondary N) is 1. The minimum Gasteiger partial charge on any atom is -0.396 e. The van der Waals surface area contributed by atoms with Gasteiger partial charge in [0, 0.05) is 13.2 Å². The number of aliphatic hydroxyl groups excluding tert-OH is 1. The summed E-state index contributed by atoms with van der Waals surface area (Å²) < 4.78 is 0. The van der Waals surface area contributed by atoms with Gasteiger partial charge >= 0.3 is 0 Å². The number of hydrogen-bond donors (Lipinski definition) is 2. The molecule has 2 N–H and O–H groups in total. The number of hydrogen-bond acceptors (Lipinski definition) is 2. The van der Waals surface area contributed by atoms with E-state index in [2.05, 4.69) is 50.4 Å². The SMILES string of the molecule is CCc1ccc(CNCCCC(C)(C)CO)cc1. The Morgan fingerprint density at radius 2 is 1.72 bits per heavy atom. The molecule has 1 rings (SSSR count). The van der Waals surface area contributed by atoms with E-state index in [0.29, 0.717) is 0 Å². The maximum Gasteiger partial charge on any atom is 0.0482 e. The van der Waals surface area contributed by atoms with Crippen LogP contribution in [0.15, 0.2) is 24.3 Å². The number of aliphatic hydroxyl groups is 1. The Morgan fingerprint density at radius 3 is 2.28 bits per heavy atom. The third-order valence-electron chi connectivity index (χ3n) is 3.40. The number of rotatable bonds is 8. The first kappa shape index (κ1) is 15.2. The van der Waals surface area contributed by atoms with Crippen LogP contribution in [-0.2, 0) is 13.0 Å². The zero-order chi connectivity index (χ0) is 13.4. The van der Waals surface area contributed by atoms with E-state index in [9.17, 15) is 0 Å². The smallest absolute Gasteiger partial charge is 0.0482 e. The Labute approximate surface area is 111 Å². The van der Waals surface area contributed by atoms with E-state index in [-0.39, 0.29) is 12.0 Å².